The van der Waals surface area contributed by atoms with Gasteiger partial charge in [-0.2, -0.15) is 0 Å². The molecule has 0 aromatic heterocycles. The Morgan fingerprint density at radius 1 is 1.78 bits per heavy atom. The van der Waals surface area contributed by atoms with Crippen LogP contribution in [0.5, 0.6) is 0 Å². The number of carbonyl (C=O) groups is 1. The van der Waals surface area contributed by atoms with Gasteiger partial charge in [0.05, 0.1) is 0 Å². The van der Waals surface area contributed by atoms with E-state index in [-0.39, 0.29) is 6.23 Å². The van der Waals surface area contributed by atoms with Gasteiger partial charge in [-0.3, -0.25) is 4.79 Å². The first-order chi connectivity index (χ1) is 4.38. The highest BCUT2D eigenvalue weighted by atomic mass is 16.5. The Morgan fingerprint density at radius 2 is 2.56 bits per heavy atom. The number of rotatable bonds is 2. The first-order valence-corrected chi connectivity index (χ1v) is 3.12. The molecule has 1 saturated heterocycles. The Hall–Kier alpha value is -0.570. The van der Waals surface area contributed by atoms with Gasteiger partial charge in [0.25, 0.3) is 0 Å². The van der Waals surface area contributed by atoms with E-state index in [1.807, 2.05) is 0 Å². The van der Waals surface area contributed by atoms with Crippen molar-refractivity contribution in [1.29, 1.82) is 0 Å². The molecule has 1 aliphatic rings. The molecule has 0 unspecified atom stereocenters. The second-order valence-corrected chi connectivity index (χ2v) is 2.18. The van der Waals surface area contributed by atoms with Crippen LogP contribution in [-0.2, 0) is 9.53 Å². The standard InChI is InChI=1S/C6H11NO2/c1-9-6-3-2-4-7(6)5-8/h5-6H,2-4H2,1H3/t6-/m1/s1. The van der Waals surface area contributed by atoms with Gasteiger partial charge in [-0.05, 0) is 12.8 Å². The molecule has 0 bridgehead atoms. The first kappa shape index (κ1) is 6.55. The maximum absolute atomic E-state index is 10.2. The average molecular weight is 129 g/mol. The highest BCUT2D eigenvalue weighted by molar-refractivity contribution is 5.47. The fourth-order valence-corrected chi connectivity index (χ4v) is 1.13. The van der Waals surface area contributed by atoms with Crippen LogP contribution in [0.15, 0.2) is 0 Å². The maximum Gasteiger partial charge on any atom is 0.211 e. The van der Waals surface area contributed by atoms with Gasteiger partial charge < -0.3 is 9.64 Å². The Balaban J connectivity index is 2.41. The van der Waals surface area contributed by atoms with E-state index in [0.29, 0.717) is 0 Å². The molecule has 9 heavy (non-hydrogen) atoms. The van der Waals surface area contributed by atoms with E-state index in [2.05, 4.69) is 0 Å². The van der Waals surface area contributed by atoms with Crippen LogP contribution in [0.2, 0.25) is 0 Å². The van der Waals surface area contributed by atoms with Crippen molar-refractivity contribution in [2.75, 3.05) is 13.7 Å². The summed E-state index contributed by atoms with van der Waals surface area (Å²) >= 11 is 0. The highest BCUT2D eigenvalue weighted by Gasteiger charge is 2.21. The molecule has 1 amide bonds. The third-order valence-electron chi connectivity index (χ3n) is 1.64. The van der Waals surface area contributed by atoms with E-state index in [1.54, 1.807) is 12.0 Å². The van der Waals surface area contributed by atoms with E-state index in [0.717, 1.165) is 25.8 Å². The third kappa shape index (κ3) is 1.21. The van der Waals surface area contributed by atoms with Gasteiger partial charge in [0.1, 0.15) is 6.23 Å². The summed E-state index contributed by atoms with van der Waals surface area (Å²) in [5, 5.41) is 0. The summed E-state index contributed by atoms with van der Waals surface area (Å²) in [6, 6.07) is 0. The predicted octanol–water partition coefficient (Wildman–Crippen LogP) is 0.211. The van der Waals surface area contributed by atoms with Gasteiger partial charge in [0.15, 0.2) is 0 Å². The van der Waals surface area contributed by atoms with Crippen LogP contribution in [0, 0.1) is 0 Å². The van der Waals surface area contributed by atoms with Crippen LogP contribution >= 0.6 is 0 Å². The van der Waals surface area contributed by atoms with Crippen molar-refractivity contribution >= 4 is 6.41 Å². The average Bonchev–Trinajstić information content (AvgIpc) is 2.33. The summed E-state index contributed by atoms with van der Waals surface area (Å²) in [6.45, 7) is 0.849. The quantitative estimate of drug-likeness (QED) is 0.499. The van der Waals surface area contributed by atoms with Gasteiger partial charge in [0, 0.05) is 13.7 Å². The molecule has 3 heteroatoms. The second-order valence-electron chi connectivity index (χ2n) is 2.18. The molecule has 0 aliphatic carbocycles. The molecular formula is C6H11NO2. The molecule has 52 valence electrons. The second kappa shape index (κ2) is 2.82. The van der Waals surface area contributed by atoms with Gasteiger partial charge in [-0.1, -0.05) is 0 Å². The lowest BCUT2D eigenvalue weighted by Crippen LogP contribution is -2.28. The van der Waals surface area contributed by atoms with Crippen molar-refractivity contribution in [3.05, 3.63) is 0 Å². The van der Waals surface area contributed by atoms with Gasteiger partial charge >= 0.3 is 0 Å². The molecule has 3 nitrogen and oxygen atoms in total. The molecular weight excluding hydrogens is 118 g/mol. The number of nitrogens with zero attached hydrogens (tertiary/aromatic N) is 1. The number of amides is 1. The smallest absolute Gasteiger partial charge is 0.211 e. The van der Waals surface area contributed by atoms with Crippen molar-refractivity contribution in [2.45, 2.75) is 19.1 Å². The van der Waals surface area contributed by atoms with Gasteiger partial charge in [0.2, 0.25) is 6.41 Å². The lowest BCUT2D eigenvalue weighted by atomic mass is 10.4. The summed E-state index contributed by atoms with van der Waals surface area (Å²) in [4.78, 5) is 11.9. The first-order valence-electron chi connectivity index (χ1n) is 3.12. The molecule has 0 aromatic rings. The van der Waals surface area contributed by atoms with Crippen LogP contribution in [0.1, 0.15) is 12.8 Å². The highest BCUT2D eigenvalue weighted by Crippen LogP contribution is 2.14. The largest absolute Gasteiger partial charge is 0.362 e. The summed E-state index contributed by atoms with van der Waals surface area (Å²) in [5.41, 5.74) is 0. The topological polar surface area (TPSA) is 29.5 Å². The number of hydrogen-bond acceptors (Lipinski definition) is 2. The normalized spacial score (nSPS) is 26.8. The van der Waals surface area contributed by atoms with Crippen molar-refractivity contribution in [2.24, 2.45) is 0 Å². The van der Waals surface area contributed by atoms with Gasteiger partial charge in [-0.25, -0.2) is 0 Å². The van der Waals surface area contributed by atoms with Crippen LogP contribution in [-0.4, -0.2) is 31.2 Å². The fraction of sp³-hybridized carbons (Fsp3) is 0.833. The Bertz CT molecular complexity index is 105. The summed E-state index contributed by atoms with van der Waals surface area (Å²) < 4.78 is 5.01. The summed E-state index contributed by atoms with van der Waals surface area (Å²) in [6.07, 6.45) is 2.94. The van der Waals surface area contributed by atoms with E-state index >= 15 is 0 Å². The van der Waals surface area contributed by atoms with E-state index in [1.165, 1.54) is 0 Å². The SMILES string of the molecule is CO[C@@H]1CCCN1C=O. The lowest BCUT2D eigenvalue weighted by molar-refractivity contribution is -0.126. The van der Waals surface area contributed by atoms with Crippen LogP contribution in [0.4, 0.5) is 0 Å². The van der Waals surface area contributed by atoms with E-state index in [9.17, 15) is 4.79 Å². The summed E-state index contributed by atoms with van der Waals surface area (Å²) in [7, 11) is 1.63. The maximum atomic E-state index is 10.2. The minimum absolute atomic E-state index is 0.0440. The molecule has 0 radical (unpaired) electrons. The molecule has 0 saturated carbocycles. The third-order valence-corrected chi connectivity index (χ3v) is 1.64. The van der Waals surface area contributed by atoms with Crippen LogP contribution in [0.3, 0.4) is 0 Å². The Labute approximate surface area is 54.6 Å². The van der Waals surface area contributed by atoms with E-state index < -0.39 is 0 Å². The molecule has 1 heterocycles. The van der Waals surface area contributed by atoms with E-state index in [4.69, 9.17) is 4.74 Å². The molecule has 1 aliphatic heterocycles. The predicted molar refractivity (Wildman–Crippen MR) is 32.8 cm³/mol. The molecule has 0 spiro atoms. The van der Waals surface area contributed by atoms with Gasteiger partial charge in [-0.15, -0.1) is 0 Å². The number of carbonyl (C=O) groups excluding carboxylic acids is 1. The van der Waals surface area contributed by atoms with Crippen LogP contribution < -0.4 is 0 Å². The zero-order valence-corrected chi connectivity index (χ0v) is 5.54. The molecule has 1 fully saturated rings. The minimum Gasteiger partial charge on any atom is -0.362 e. The molecule has 1 rings (SSSR count). The monoisotopic (exact) mass is 129 g/mol. The minimum atomic E-state index is 0.0440. The fourth-order valence-electron chi connectivity index (χ4n) is 1.13. The van der Waals surface area contributed by atoms with Crippen molar-refractivity contribution in [3.8, 4) is 0 Å². The number of methoxy groups -OCH3 is 1. The van der Waals surface area contributed by atoms with Crippen molar-refractivity contribution < 1.29 is 9.53 Å². The summed E-state index contributed by atoms with van der Waals surface area (Å²) in [5.74, 6) is 0. The number of hydrogen-bond donors (Lipinski definition) is 0. The van der Waals surface area contributed by atoms with Crippen molar-refractivity contribution in [1.82, 2.24) is 4.90 Å². The zero-order valence-electron chi connectivity index (χ0n) is 5.54. The van der Waals surface area contributed by atoms with Crippen LogP contribution in [0.25, 0.3) is 0 Å². The van der Waals surface area contributed by atoms with Crippen molar-refractivity contribution in [3.63, 3.8) is 0 Å². The Morgan fingerprint density at radius 3 is 3.00 bits per heavy atom. The number of ether oxygens (including phenoxy) is 1. The Kier molecular flexibility index (Phi) is 2.05. The molecule has 1 atom stereocenters. The molecule has 0 aromatic carbocycles. The lowest BCUT2D eigenvalue weighted by Gasteiger charge is -2.16. The number of likely N-dealkylation sites (tertiary alicyclic amines) is 1. The zero-order chi connectivity index (χ0) is 6.69. The molecule has 0 N–H and O–H groups in total.